The van der Waals surface area contributed by atoms with Gasteiger partial charge in [0.25, 0.3) is 0 Å². The van der Waals surface area contributed by atoms with Gasteiger partial charge in [-0.3, -0.25) is 0 Å². The maximum Gasteiger partial charge on any atom is 0.184 e. The van der Waals surface area contributed by atoms with E-state index in [0.29, 0.717) is 0 Å². The van der Waals surface area contributed by atoms with Gasteiger partial charge in [-0.15, -0.1) is 0 Å². The first-order valence-electron chi connectivity index (χ1n) is 6.97. The largest absolute Gasteiger partial charge is 0.312 e. The van der Waals surface area contributed by atoms with E-state index in [4.69, 9.17) is 5.73 Å². The number of sulfone groups is 1. The maximum atomic E-state index is 12.8. The summed E-state index contributed by atoms with van der Waals surface area (Å²) in [4.78, 5) is 0.208. The summed E-state index contributed by atoms with van der Waals surface area (Å²) in [6.45, 7) is 1.95. The third-order valence-corrected chi connectivity index (χ3v) is 6.48. The van der Waals surface area contributed by atoms with E-state index in [1.807, 2.05) is 37.3 Å². The smallest absolute Gasteiger partial charge is 0.184 e. The molecule has 3 atom stereocenters. The number of nitrogens with zero attached hydrogens (tertiary/aromatic N) is 1. The van der Waals surface area contributed by atoms with Crippen LogP contribution < -0.4 is 5.73 Å². The Labute approximate surface area is 130 Å². The number of aryl methyl sites for hydroxylation is 1. The molecule has 3 rings (SSSR count). The summed E-state index contributed by atoms with van der Waals surface area (Å²) >= 11 is 0. The summed E-state index contributed by atoms with van der Waals surface area (Å²) in [5, 5.41) is 8.49. The molecule has 1 aliphatic rings. The highest BCUT2D eigenvalue weighted by atomic mass is 32.2. The summed E-state index contributed by atoms with van der Waals surface area (Å²) in [6.07, 6.45) is 0. The van der Waals surface area contributed by atoms with Gasteiger partial charge in [0.15, 0.2) is 9.84 Å². The van der Waals surface area contributed by atoms with Crippen LogP contribution in [0.15, 0.2) is 59.5 Å². The number of benzene rings is 2. The van der Waals surface area contributed by atoms with Crippen LogP contribution in [0, 0.1) is 18.3 Å². The van der Waals surface area contributed by atoms with Gasteiger partial charge >= 0.3 is 0 Å². The highest BCUT2D eigenvalue weighted by Crippen LogP contribution is 2.55. The van der Waals surface area contributed by atoms with Crippen molar-refractivity contribution >= 4 is 9.84 Å². The molecule has 0 unspecified atom stereocenters. The number of nitrogens with two attached hydrogens (primary N) is 1. The van der Waals surface area contributed by atoms with Crippen LogP contribution in [0.25, 0.3) is 0 Å². The fourth-order valence-corrected chi connectivity index (χ4v) is 5.13. The molecule has 1 fully saturated rings. The van der Waals surface area contributed by atoms with Gasteiger partial charge in [-0.1, -0.05) is 48.0 Å². The van der Waals surface area contributed by atoms with Crippen molar-refractivity contribution < 1.29 is 8.42 Å². The fraction of sp³-hybridized carbons (Fsp3) is 0.235. The number of nitriles is 1. The standard InChI is InChI=1S/C17H16N2O2S/c1-12-7-9-13(10-8-12)15-16(17(15,19)11-18)22(20,21)14-5-3-2-4-6-14/h2-10,15-16H,19H2,1H3/t15-,16+,17+/m0/s1. The minimum atomic E-state index is -3.64. The molecule has 1 aliphatic carbocycles. The van der Waals surface area contributed by atoms with Crippen molar-refractivity contribution in [2.45, 2.75) is 28.5 Å². The van der Waals surface area contributed by atoms with E-state index in [-0.39, 0.29) is 4.90 Å². The molecule has 22 heavy (non-hydrogen) atoms. The zero-order chi connectivity index (χ0) is 16.0. The number of rotatable bonds is 3. The van der Waals surface area contributed by atoms with E-state index in [0.717, 1.165) is 11.1 Å². The van der Waals surface area contributed by atoms with Crippen LogP contribution in [0.2, 0.25) is 0 Å². The molecule has 2 N–H and O–H groups in total. The highest BCUT2D eigenvalue weighted by molar-refractivity contribution is 7.92. The van der Waals surface area contributed by atoms with Crippen molar-refractivity contribution in [3.63, 3.8) is 0 Å². The summed E-state index contributed by atoms with van der Waals surface area (Å²) in [7, 11) is -3.64. The Hall–Kier alpha value is -2.16. The molecule has 5 heteroatoms. The van der Waals surface area contributed by atoms with Gasteiger partial charge in [0.05, 0.1) is 11.0 Å². The van der Waals surface area contributed by atoms with Gasteiger partial charge in [0.1, 0.15) is 10.8 Å². The third-order valence-electron chi connectivity index (χ3n) is 4.22. The second-order valence-electron chi connectivity index (χ2n) is 5.71. The zero-order valence-electron chi connectivity index (χ0n) is 12.1. The fourth-order valence-electron chi connectivity index (χ4n) is 2.92. The molecular weight excluding hydrogens is 296 g/mol. The second kappa shape index (κ2) is 4.94. The Morgan fingerprint density at radius 3 is 2.23 bits per heavy atom. The van der Waals surface area contributed by atoms with Crippen LogP contribution in [-0.4, -0.2) is 19.2 Å². The van der Waals surface area contributed by atoms with Crippen molar-refractivity contribution in [3.05, 3.63) is 65.7 Å². The summed E-state index contributed by atoms with van der Waals surface area (Å²) in [5.74, 6) is -0.497. The molecule has 1 saturated carbocycles. The zero-order valence-corrected chi connectivity index (χ0v) is 12.9. The Morgan fingerprint density at radius 2 is 1.68 bits per heavy atom. The number of hydrogen-bond donors (Lipinski definition) is 1. The van der Waals surface area contributed by atoms with Crippen LogP contribution >= 0.6 is 0 Å². The Balaban J connectivity index is 2.04. The average Bonchev–Trinajstić information content (AvgIpc) is 3.17. The maximum absolute atomic E-state index is 12.8. The molecule has 0 heterocycles. The van der Waals surface area contributed by atoms with E-state index in [2.05, 4.69) is 0 Å². The molecule has 112 valence electrons. The van der Waals surface area contributed by atoms with Crippen molar-refractivity contribution in [1.82, 2.24) is 0 Å². The lowest BCUT2D eigenvalue weighted by Crippen LogP contribution is -2.29. The molecule has 4 nitrogen and oxygen atoms in total. The van der Waals surface area contributed by atoms with E-state index in [1.54, 1.807) is 18.2 Å². The monoisotopic (exact) mass is 312 g/mol. The average molecular weight is 312 g/mol. The Bertz CT molecular complexity index is 838. The van der Waals surface area contributed by atoms with Crippen LogP contribution in [0.5, 0.6) is 0 Å². The van der Waals surface area contributed by atoms with E-state index >= 15 is 0 Å². The SMILES string of the molecule is Cc1ccc([C@H]2[C@@H](S(=O)(=O)c3ccccc3)[C@@]2(N)C#N)cc1. The molecule has 2 aromatic carbocycles. The molecule has 0 bridgehead atoms. The first-order chi connectivity index (χ1) is 10.4. The van der Waals surface area contributed by atoms with Gasteiger partial charge in [-0.2, -0.15) is 5.26 Å². The molecule has 0 saturated heterocycles. The van der Waals surface area contributed by atoms with Gasteiger partial charge < -0.3 is 5.73 Å². The second-order valence-corrected chi connectivity index (χ2v) is 7.78. The predicted octanol–water partition coefficient (Wildman–Crippen LogP) is 2.16. The molecular formula is C17H16N2O2S. The summed E-state index contributed by atoms with van der Waals surface area (Å²) in [5.41, 5.74) is 6.58. The van der Waals surface area contributed by atoms with E-state index < -0.39 is 26.5 Å². The predicted molar refractivity (Wildman–Crippen MR) is 83.9 cm³/mol. The molecule has 2 aromatic rings. The summed E-state index contributed by atoms with van der Waals surface area (Å²) < 4.78 is 25.6. The van der Waals surface area contributed by atoms with E-state index in [9.17, 15) is 13.7 Å². The first-order valence-corrected chi connectivity index (χ1v) is 8.51. The normalized spacial score (nSPS) is 27.1. The third kappa shape index (κ3) is 2.12. The molecule has 0 spiro atoms. The first kappa shape index (κ1) is 14.8. The molecule has 0 amide bonds. The van der Waals surface area contributed by atoms with E-state index in [1.165, 1.54) is 12.1 Å². The van der Waals surface area contributed by atoms with Gasteiger partial charge in [0, 0.05) is 5.92 Å². The van der Waals surface area contributed by atoms with Crippen LogP contribution in [0.1, 0.15) is 17.0 Å². The van der Waals surface area contributed by atoms with Crippen molar-refractivity contribution in [2.75, 3.05) is 0 Å². The molecule has 0 radical (unpaired) electrons. The lowest BCUT2D eigenvalue weighted by Gasteiger charge is -2.04. The van der Waals surface area contributed by atoms with Crippen molar-refractivity contribution in [2.24, 2.45) is 5.73 Å². The minimum absolute atomic E-state index is 0.208. The van der Waals surface area contributed by atoms with Gasteiger partial charge in [0.2, 0.25) is 0 Å². The van der Waals surface area contributed by atoms with Crippen LogP contribution in [0.3, 0.4) is 0 Å². The molecule has 0 aromatic heterocycles. The molecule has 0 aliphatic heterocycles. The van der Waals surface area contributed by atoms with Crippen molar-refractivity contribution in [1.29, 1.82) is 5.26 Å². The van der Waals surface area contributed by atoms with Crippen LogP contribution in [-0.2, 0) is 9.84 Å². The minimum Gasteiger partial charge on any atom is -0.312 e. The topological polar surface area (TPSA) is 83.9 Å². The van der Waals surface area contributed by atoms with Gasteiger partial charge in [-0.05, 0) is 24.6 Å². The van der Waals surface area contributed by atoms with Crippen molar-refractivity contribution in [3.8, 4) is 6.07 Å². The highest BCUT2D eigenvalue weighted by Gasteiger charge is 2.70. The Morgan fingerprint density at radius 1 is 1.09 bits per heavy atom. The van der Waals surface area contributed by atoms with Crippen LogP contribution in [0.4, 0.5) is 0 Å². The lowest BCUT2D eigenvalue weighted by atomic mass is 10.1. The number of hydrogen-bond acceptors (Lipinski definition) is 4. The quantitative estimate of drug-likeness (QED) is 0.941. The summed E-state index contributed by atoms with van der Waals surface area (Å²) in [6, 6.07) is 17.7. The Kier molecular flexibility index (Phi) is 3.32. The lowest BCUT2D eigenvalue weighted by molar-refractivity contribution is 0.592. The van der Waals surface area contributed by atoms with Gasteiger partial charge in [-0.25, -0.2) is 8.42 Å².